The van der Waals surface area contributed by atoms with Gasteiger partial charge in [-0.2, -0.15) is 0 Å². The van der Waals surface area contributed by atoms with Crippen molar-refractivity contribution < 1.29 is 61.8 Å². The molecule has 0 heterocycles. The number of esters is 4. The molecule has 13 heteroatoms. The fraction of sp³-hybridized carbons (Fsp3) is 0.255. The predicted octanol–water partition coefficient (Wildman–Crippen LogP) is 9.81. The van der Waals surface area contributed by atoms with Gasteiger partial charge in [-0.25, -0.2) is 19.2 Å². The standard InChI is InChI=1S/C51H52O13/c1-4-48(52)59-28-10-8-7-9-27-56-44-24-17-40-34-45(25-18-39(40)33-44)63-36-62-42-20-13-37(14-21-42)38-15-22-43(23-16-38)64-51(55)41-19-26-46(57-29-11-31-60-49(53)5-2)47(35-41)58-30-12-32-61-50(54)6-3/h4-6,13-26,33-35H,1-3,7-12,27-32,36H2. The highest BCUT2D eigenvalue weighted by atomic mass is 16.7. The second-order valence-electron chi connectivity index (χ2n) is 14.0. The van der Waals surface area contributed by atoms with Crippen LogP contribution >= 0.6 is 0 Å². The Morgan fingerprint density at radius 1 is 0.406 bits per heavy atom. The molecule has 0 fully saturated rings. The molecule has 0 atom stereocenters. The molecule has 5 aromatic rings. The summed E-state index contributed by atoms with van der Waals surface area (Å²) in [6, 6.07) is 31.2. The van der Waals surface area contributed by atoms with Gasteiger partial charge in [0.1, 0.15) is 23.0 Å². The Balaban J connectivity index is 1.06. The third-order valence-electron chi connectivity index (χ3n) is 9.30. The number of carbonyl (C=O) groups is 4. The highest BCUT2D eigenvalue weighted by Gasteiger charge is 2.15. The first kappa shape index (κ1) is 47.5. The molecule has 0 N–H and O–H groups in total. The van der Waals surface area contributed by atoms with Crippen LogP contribution in [-0.4, -0.2) is 70.3 Å². The van der Waals surface area contributed by atoms with E-state index in [1.807, 2.05) is 72.8 Å². The van der Waals surface area contributed by atoms with Crippen LogP contribution < -0.4 is 28.4 Å². The smallest absolute Gasteiger partial charge is 0.343 e. The van der Waals surface area contributed by atoms with E-state index in [9.17, 15) is 19.2 Å². The number of fused-ring (bicyclic) bond motifs is 1. The number of hydrogen-bond acceptors (Lipinski definition) is 13. The summed E-state index contributed by atoms with van der Waals surface area (Å²) in [5, 5.41) is 2.05. The number of benzene rings is 5. The van der Waals surface area contributed by atoms with Gasteiger partial charge in [-0.3, -0.25) is 0 Å². The summed E-state index contributed by atoms with van der Waals surface area (Å²) in [4.78, 5) is 46.9. The molecule has 13 nitrogen and oxygen atoms in total. The van der Waals surface area contributed by atoms with Crippen LogP contribution in [0, 0.1) is 0 Å². The van der Waals surface area contributed by atoms with Crippen LogP contribution in [0.3, 0.4) is 0 Å². The average molecular weight is 873 g/mol. The van der Waals surface area contributed by atoms with Gasteiger partial charge in [0, 0.05) is 31.1 Å². The molecule has 0 aliphatic heterocycles. The molecule has 334 valence electrons. The molecule has 0 saturated heterocycles. The Morgan fingerprint density at radius 2 is 0.859 bits per heavy atom. The lowest BCUT2D eigenvalue weighted by Crippen LogP contribution is -2.11. The topological polar surface area (TPSA) is 151 Å². The first-order chi connectivity index (χ1) is 31.2. The van der Waals surface area contributed by atoms with Crippen LogP contribution in [-0.2, 0) is 28.6 Å². The molecule has 0 amide bonds. The number of ether oxygens (including phenoxy) is 9. The van der Waals surface area contributed by atoms with Gasteiger partial charge in [0.25, 0.3) is 0 Å². The summed E-state index contributed by atoms with van der Waals surface area (Å²) in [5.74, 6) is 1.08. The molecule has 5 aromatic carbocycles. The summed E-state index contributed by atoms with van der Waals surface area (Å²) < 4.78 is 50.1. The highest BCUT2D eigenvalue weighted by Crippen LogP contribution is 2.31. The summed E-state index contributed by atoms with van der Waals surface area (Å²) in [6.07, 6.45) is 7.82. The number of carbonyl (C=O) groups excluding carboxylic acids is 4. The van der Waals surface area contributed by atoms with Gasteiger partial charge in [0.05, 0.1) is 45.2 Å². The molecule has 5 rings (SSSR count). The van der Waals surface area contributed by atoms with E-state index in [1.54, 1.807) is 24.3 Å². The van der Waals surface area contributed by atoms with Crippen molar-refractivity contribution in [3.05, 3.63) is 147 Å². The Bertz CT molecular complexity index is 2330. The first-order valence-corrected chi connectivity index (χ1v) is 20.9. The van der Waals surface area contributed by atoms with E-state index < -0.39 is 17.9 Å². The SMILES string of the molecule is C=CC(=O)OCCCCCCOc1ccc2cc(OCOc3ccc(-c4ccc(OC(=O)c5ccc(OCCCOC(=O)C=C)c(OCCCOC(=O)C=C)c5)cc4)cc3)ccc2c1. The number of rotatable bonds is 28. The minimum absolute atomic E-state index is 0.0222. The fourth-order valence-electron chi connectivity index (χ4n) is 5.96. The molecule has 0 saturated carbocycles. The summed E-state index contributed by atoms with van der Waals surface area (Å²) in [6.45, 7) is 11.8. The number of hydrogen-bond donors (Lipinski definition) is 0. The lowest BCUT2D eigenvalue weighted by molar-refractivity contribution is -0.138. The normalized spacial score (nSPS) is 10.5. The number of unbranched alkanes of at least 4 members (excludes halogenated alkanes) is 3. The lowest BCUT2D eigenvalue weighted by Gasteiger charge is -2.14. The van der Waals surface area contributed by atoms with Crippen LogP contribution in [0.1, 0.15) is 48.9 Å². The molecule has 0 spiro atoms. The van der Waals surface area contributed by atoms with E-state index in [1.165, 1.54) is 12.1 Å². The van der Waals surface area contributed by atoms with Crippen LogP contribution in [0.4, 0.5) is 0 Å². The quantitative estimate of drug-likeness (QED) is 0.0117. The van der Waals surface area contributed by atoms with Gasteiger partial charge in [-0.15, -0.1) is 0 Å². The first-order valence-electron chi connectivity index (χ1n) is 20.9. The third kappa shape index (κ3) is 16.1. The molecule has 0 bridgehead atoms. The zero-order valence-corrected chi connectivity index (χ0v) is 35.7. The average Bonchev–Trinajstić information content (AvgIpc) is 3.32. The Kier molecular flexibility index (Phi) is 19.3. The minimum Gasteiger partial charge on any atom is -0.494 e. The molecule has 0 unspecified atom stereocenters. The van der Waals surface area contributed by atoms with Crippen LogP contribution in [0.2, 0.25) is 0 Å². The largest absolute Gasteiger partial charge is 0.494 e. The predicted molar refractivity (Wildman–Crippen MR) is 241 cm³/mol. The second kappa shape index (κ2) is 26.1. The maximum Gasteiger partial charge on any atom is 0.343 e. The van der Waals surface area contributed by atoms with Gasteiger partial charge < -0.3 is 42.6 Å². The highest BCUT2D eigenvalue weighted by molar-refractivity contribution is 5.92. The second-order valence-corrected chi connectivity index (χ2v) is 14.0. The Morgan fingerprint density at radius 3 is 1.42 bits per heavy atom. The van der Waals surface area contributed by atoms with Crippen LogP contribution in [0.25, 0.3) is 21.9 Å². The molecule has 0 radical (unpaired) electrons. The minimum atomic E-state index is -0.603. The van der Waals surface area contributed by atoms with E-state index in [0.29, 0.717) is 54.8 Å². The van der Waals surface area contributed by atoms with Crippen molar-refractivity contribution in [2.24, 2.45) is 0 Å². The van der Waals surface area contributed by atoms with Crippen molar-refractivity contribution in [3.8, 4) is 45.6 Å². The van der Waals surface area contributed by atoms with Gasteiger partial charge in [-0.1, -0.05) is 56.1 Å². The van der Waals surface area contributed by atoms with Crippen LogP contribution in [0.5, 0.6) is 34.5 Å². The van der Waals surface area contributed by atoms with E-state index in [4.69, 9.17) is 42.6 Å². The maximum absolute atomic E-state index is 13.2. The van der Waals surface area contributed by atoms with Crippen LogP contribution in [0.15, 0.2) is 141 Å². The van der Waals surface area contributed by atoms with E-state index in [2.05, 4.69) is 19.7 Å². The zero-order valence-electron chi connectivity index (χ0n) is 35.7. The summed E-state index contributed by atoms with van der Waals surface area (Å²) >= 11 is 0. The molecule has 0 aliphatic carbocycles. The Hall–Kier alpha value is -7.54. The van der Waals surface area contributed by atoms with E-state index in [0.717, 1.165) is 65.5 Å². The van der Waals surface area contributed by atoms with E-state index >= 15 is 0 Å². The van der Waals surface area contributed by atoms with Crippen molar-refractivity contribution in [3.63, 3.8) is 0 Å². The molecular formula is C51H52O13. The fourth-order valence-corrected chi connectivity index (χ4v) is 5.96. The molecule has 0 aromatic heterocycles. The van der Waals surface area contributed by atoms with Gasteiger partial charge in [0.15, 0.2) is 11.5 Å². The summed E-state index contributed by atoms with van der Waals surface area (Å²) in [7, 11) is 0. The summed E-state index contributed by atoms with van der Waals surface area (Å²) in [5.41, 5.74) is 2.07. The zero-order chi connectivity index (χ0) is 45.4. The molecular weight excluding hydrogens is 821 g/mol. The van der Waals surface area contributed by atoms with Crippen molar-refractivity contribution in [1.82, 2.24) is 0 Å². The Labute approximate surface area is 372 Å². The van der Waals surface area contributed by atoms with Crippen molar-refractivity contribution >= 4 is 34.6 Å². The van der Waals surface area contributed by atoms with Crippen molar-refractivity contribution in [1.29, 1.82) is 0 Å². The van der Waals surface area contributed by atoms with Gasteiger partial charge in [0.2, 0.25) is 6.79 Å². The maximum atomic E-state index is 13.2. The monoisotopic (exact) mass is 872 g/mol. The third-order valence-corrected chi connectivity index (χ3v) is 9.30. The lowest BCUT2D eigenvalue weighted by atomic mass is 10.1. The van der Waals surface area contributed by atoms with Crippen molar-refractivity contribution in [2.75, 3.05) is 46.4 Å². The molecule has 0 aliphatic rings. The van der Waals surface area contributed by atoms with Gasteiger partial charge >= 0.3 is 23.9 Å². The molecule has 64 heavy (non-hydrogen) atoms. The van der Waals surface area contributed by atoms with E-state index in [-0.39, 0.29) is 44.8 Å². The van der Waals surface area contributed by atoms with Gasteiger partial charge in [-0.05, 0) is 114 Å². The van der Waals surface area contributed by atoms with Crippen molar-refractivity contribution in [2.45, 2.75) is 38.5 Å².